The van der Waals surface area contributed by atoms with Crippen LogP contribution in [-0.2, 0) is 14.4 Å². The molecule has 0 bridgehead atoms. The summed E-state index contributed by atoms with van der Waals surface area (Å²) in [4.78, 5) is 32.9. The molecule has 1 saturated carbocycles. The van der Waals surface area contributed by atoms with Gasteiger partial charge < -0.3 is 0 Å². The van der Waals surface area contributed by atoms with Crippen molar-refractivity contribution in [2.75, 3.05) is 0 Å². The van der Waals surface area contributed by atoms with Gasteiger partial charge in [-0.3, -0.25) is 14.4 Å². The van der Waals surface area contributed by atoms with E-state index in [0.717, 1.165) is 0 Å². The monoisotopic (exact) mass is 154 g/mol. The second-order valence-electron chi connectivity index (χ2n) is 3.02. The van der Waals surface area contributed by atoms with Crippen LogP contribution in [0.5, 0.6) is 0 Å². The van der Waals surface area contributed by atoms with Crippen LogP contribution in [0, 0.1) is 11.8 Å². The first-order valence-electron chi connectivity index (χ1n) is 3.61. The van der Waals surface area contributed by atoms with Gasteiger partial charge in [0.25, 0.3) is 0 Å². The predicted molar refractivity (Wildman–Crippen MR) is 38.0 cm³/mol. The van der Waals surface area contributed by atoms with Gasteiger partial charge in [0.1, 0.15) is 11.7 Å². The summed E-state index contributed by atoms with van der Waals surface area (Å²) >= 11 is 0. The van der Waals surface area contributed by atoms with Gasteiger partial charge in [0.15, 0.2) is 11.6 Å². The summed E-state index contributed by atoms with van der Waals surface area (Å²) in [7, 11) is 0. The Kier molecular flexibility index (Phi) is 1.89. The normalized spacial score (nSPS) is 31.1. The van der Waals surface area contributed by atoms with Crippen molar-refractivity contribution in [1.29, 1.82) is 0 Å². The van der Waals surface area contributed by atoms with Gasteiger partial charge in [-0.15, -0.1) is 0 Å². The average Bonchev–Trinajstić information content (AvgIpc) is 2.07. The molecule has 0 N–H and O–H groups in total. The molecule has 0 aromatic rings. The fourth-order valence-electron chi connectivity index (χ4n) is 1.39. The largest absolute Gasteiger partial charge is 0.299 e. The molecule has 0 radical (unpaired) electrons. The summed E-state index contributed by atoms with van der Waals surface area (Å²) in [5, 5.41) is 0. The van der Waals surface area contributed by atoms with Gasteiger partial charge in [-0.25, -0.2) is 0 Å². The highest BCUT2D eigenvalue weighted by molar-refractivity contribution is 6.23. The van der Waals surface area contributed by atoms with E-state index in [1.165, 1.54) is 6.92 Å². The predicted octanol–water partition coefficient (Wildman–Crippen LogP) is 0.370. The van der Waals surface area contributed by atoms with Gasteiger partial charge in [0.2, 0.25) is 0 Å². The van der Waals surface area contributed by atoms with Crippen molar-refractivity contribution in [1.82, 2.24) is 0 Å². The van der Waals surface area contributed by atoms with Crippen molar-refractivity contribution in [3.63, 3.8) is 0 Å². The molecule has 1 rings (SSSR count). The molecule has 11 heavy (non-hydrogen) atoms. The lowest BCUT2D eigenvalue weighted by molar-refractivity contribution is -0.135. The molecular formula is C8H10O3. The van der Waals surface area contributed by atoms with E-state index in [9.17, 15) is 14.4 Å². The molecule has 0 amide bonds. The Labute approximate surface area is 64.8 Å². The van der Waals surface area contributed by atoms with Crippen LogP contribution in [0.25, 0.3) is 0 Å². The Bertz CT molecular complexity index is 229. The van der Waals surface area contributed by atoms with Crippen LogP contribution >= 0.6 is 0 Å². The molecule has 2 atom stereocenters. The molecule has 0 aliphatic heterocycles. The number of rotatable bonds is 1. The highest BCUT2D eigenvalue weighted by Gasteiger charge is 2.41. The van der Waals surface area contributed by atoms with E-state index < -0.39 is 5.92 Å². The van der Waals surface area contributed by atoms with E-state index in [2.05, 4.69) is 0 Å². The lowest BCUT2D eigenvalue weighted by atomic mass is 10.0. The Hall–Kier alpha value is -0.990. The molecule has 1 aliphatic rings. The third kappa shape index (κ3) is 1.23. The molecule has 1 fully saturated rings. The SMILES string of the molecule is CC(=O)C1C(=O)CC(C)C1=O. The molecule has 3 nitrogen and oxygen atoms in total. The molecule has 1 aliphatic carbocycles. The van der Waals surface area contributed by atoms with E-state index in [4.69, 9.17) is 0 Å². The lowest BCUT2D eigenvalue weighted by Gasteiger charge is -1.99. The highest BCUT2D eigenvalue weighted by Crippen LogP contribution is 2.23. The topological polar surface area (TPSA) is 51.2 Å². The number of carbonyl (C=O) groups excluding carboxylic acids is 3. The zero-order chi connectivity index (χ0) is 8.59. The van der Waals surface area contributed by atoms with Gasteiger partial charge in [-0.05, 0) is 6.92 Å². The van der Waals surface area contributed by atoms with Crippen LogP contribution in [0.4, 0.5) is 0 Å². The molecule has 0 saturated heterocycles. The molecule has 0 aromatic heterocycles. The van der Waals surface area contributed by atoms with Crippen LogP contribution in [0.2, 0.25) is 0 Å². The maximum absolute atomic E-state index is 11.1. The van der Waals surface area contributed by atoms with E-state index in [1.807, 2.05) is 0 Å². The van der Waals surface area contributed by atoms with Crippen molar-refractivity contribution in [3.05, 3.63) is 0 Å². The number of carbonyl (C=O) groups is 3. The van der Waals surface area contributed by atoms with Crippen LogP contribution in [-0.4, -0.2) is 17.3 Å². The quantitative estimate of drug-likeness (QED) is 0.513. The van der Waals surface area contributed by atoms with Crippen molar-refractivity contribution < 1.29 is 14.4 Å². The fraction of sp³-hybridized carbons (Fsp3) is 0.625. The van der Waals surface area contributed by atoms with Gasteiger partial charge >= 0.3 is 0 Å². The smallest absolute Gasteiger partial charge is 0.154 e. The minimum Gasteiger partial charge on any atom is -0.299 e. The standard InChI is InChI=1S/C8H10O3/c1-4-3-6(10)7(5(2)9)8(4)11/h4,7H,3H2,1-2H3. The van der Waals surface area contributed by atoms with E-state index in [1.54, 1.807) is 6.92 Å². The second-order valence-corrected chi connectivity index (χ2v) is 3.02. The summed E-state index contributed by atoms with van der Waals surface area (Å²) in [5.74, 6) is -1.93. The zero-order valence-corrected chi connectivity index (χ0v) is 6.59. The first kappa shape index (κ1) is 8.11. The van der Waals surface area contributed by atoms with Crippen molar-refractivity contribution in [2.45, 2.75) is 20.3 Å². The molecule has 60 valence electrons. The number of Topliss-reactive ketones (excluding diaryl/α,β-unsaturated/α-hetero) is 3. The molecular weight excluding hydrogens is 144 g/mol. The molecule has 2 unspecified atom stereocenters. The van der Waals surface area contributed by atoms with E-state index in [0.29, 0.717) is 0 Å². The molecule has 3 heteroatoms. The van der Waals surface area contributed by atoms with Gasteiger partial charge in [0, 0.05) is 12.3 Å². The number of ketones is 3. The minimum atomic E-state index is -0.940. The maximum Gasteiger partial charge on any atom is 0.154 e. The summed E-state index contributed by atoms with van der Waals surface area (Å²) < 4.78 is 0. The van der Waals surface area contributed by atoms with Crippen LogP contribution in [0.1, 0.15) is 20.3 Å². The third-order valence-electron chi connectivity index (χ3n) is 2.01. The highest BCUT2D eigenvalue weighted by atomic mass is 16.2. The Balaban J connectivity index is 2.88. The maximum atomic E-state index is 11.1. The summed E-state index contributed by atoms with van der Waals surface area (Å²) in [6.45, 7) is 2.97. The summed E-state index contributed by atoms with van der Waals surface area (Å²) in [6, 6.07) is 0. The van der Waals surface area contributed by atoms with Gasteiger partial charge in [0.05, 0.1) is 0 Å². The second kappa shape index (κ2) is 2.57. The summed E-state index contributed by atoms with van der Waals surface area (Å²) in [6.07, 6.45) is 0.239. The third-order valence-corrected chi connectivity index (χ3v) is 2.01. The Morgan fingerprint density at radius 3 is 2.18 bits per heavy atom. The van der Waals surface area contributed by atoms with Gasteiger partial charge in [-0.1, -0.05) is 6.92 Å². The van der Waals surface area contributed by atoms with E-state index >= 15 is 0 Å². The van der Waals surface area contributed by atoms with Gasteiger partial charge in [-0.2, -0.15) is 0 Å². The molecule has 0 spiro atoms. The van der Waals surface area contributed by atoms with Crippen molar-refractivity contribution >= 4 is 17.3 Å². The lowest BCUT2D eigenvalue weighted by Crippen LogP contribution is -2.23. The van der Waals surface area contributed by atoms with E-state index in [-0.39, 0.29) is 29.7 Å². The van der Waals surface area contributed by atoms with Crippen LogP contribution in [0.3, 0.4) is 0 Å². The summed E-state index contributed by atoms with van der Waals surface area (Å²) in [5.41, 5.74) is 0. The first-order valence-corrected chi connectivity index (χ1v) is 3.61. The zero-order valence-electron chi connectivity index (χ0n) is 6.59. The van der Waals surface area contributed by atoms with Crippen LogP contribution < -0.4 is 0 Å². The minimum absolute atomic E-state index is 0.206. The van der Waals surface area contributed by atoms with Crippen molar-refractivity contribution in [2.24, 2.45) is 11.8 Å². The van der Waals surface area contributed by atoms with Crippen LogP contribution in [0.15, 0.2) is 0 Å². The first-order chi connectivity index (χ1) is 5.04. The van der Waals surface area contributed by atoms with Crippen molar-refractivity contribution in [3.8, 4) is 0 Å². The molecule has 0 aromatic carbocycles. The molecule has 0 heterocycles. The Morgan fingerprint density at radius 2 is 2.00 bits per heavy atom. The average molecular weight is 154 g/mol. The fourth-order valence-corrected chi connectivity index (χ4v) is 1.39. The Morgan fingerprint density at radius 1 is 1.45 bits per heavy atom. The number of hydrogen-bond donors (Lipinski definition) is 0. The number of hydrogen-bond acceptors (Lipinski definition) is 3.